The molecular formula is C14H19F5N2S. The van der Waals surface area contributed by atoms with E-state index in [0.717, 1.165) is 6.07 Å². The van der Waals surface area contributed by atoms with Crippen molar-refractivity contribution in [2.45, 2.75) is 30.8 Å². The number of aromatic nitrogens is 1. The van der Waals surface area contributed by atoms with E-state index in [2.05, 4.69) is 0 Å². The molecule has 0 aliphatic heterocycles. The lowest BCUT2D eigenvalue weighted by molar-refractivity contribution is 0.171. The van der Waals surface area contributed by atoms with Gasteiger partial charge in [-0.25, -0.2) is 0 Å². The number of hydrogen-bond donors (Lipinski definition) is 0. The summed E-state index contributed by atoms with van der Waals surface area (Å²) in [6.45, 7) is 4.50. The summed E-state index contributed by atoms with van der Waals surface area (Å²) in [6, 6.07) is 3.52. The summed E-state index contributed by atoms with van der Waals surface area (Å²) in [6.07, 6.45) is 1.62. The molecule has 0 amide bonds. The molecule has 0 saturated carbocycles. The lowest BCUT2D eigenvalue weighted by atomic mass is 10.0. The van der Waals surface area contributed by atoms with Crippen molar-refractivity contribution in [2.24, 2.45) is 0 Å². The minimum atomic E-state index is -9.63. The Balaban J connectivity index is 2.49. The second kappa shape index (κ2) is 4.17. The van der Waals surface area contributed by atoms with Crippen molar-refractivity contribution in [1.29, 1.82) is 0 Å². The van der Waals surface area contributed by atoms with Crippen molar-refractivity contribution in [3.8, 4) is 0 Å². The molecule has 1 heterocycles. The molecule has 2 rings (SSSR count). The van der Waals surface area contributed by atoms with Gasteiger partial charge in [0.25, 0.3) is 0 Å². The Morgan fingerprint density at radius 3 is 2.14 bits per heavy atom. The Morgan fingerprint density at radius 2 is 1.64 bits per heavy atom. The van der Waals surface area contributed by atoms with E-state index in [9.17, 15) is 19.4 Å². The first kappa shape index (κ1) is 17.1. The van der Waals surface area contributed by atoms with E-state index >= 15 is 0 Å². The Kier molecular flexibility index (Phi) is 3.24. The molecule has 2 nitrogen and oxygen atoms in total. The van der Waals surface area contributed by atoms with Crippen LogP contribution in [-0.4, -0.2) is 29.1 Å². The fourth-order valence-electron chi connectivity index (χ4n) is 2.11. The lowest BCUT2D eigenvalue weighted by Gasteiger charge is -2.40. The number of rotatable bonds is 4. The van der Waals surface area contributed by atoms with Gasteiger partial charge in [0.1, 0.15) is 4.90 Å². The molecule has 22 heavy (non-hydrogen) atoms. The van der Waals surface area contributed by atoms with E-state index in [1.165, 1.54) is 6.07 Å². The standard InChI is InChI=1S/C14H19F5N2S/c1-14(2,20(3)4)10-21-8-7-11-9-12(5-6-13(11)21)22(15,16,17,18)19/h5-9H,10H2,1-4H3. The third-order valence-corrected chi connectivity index (χ3v) is 5.10. The molecule has 126 valence electrons. The van der Waals surface area contributed by atoms with Crippen LogP contribution in [0.25, 0.3) is 10.9 Å². The highest BCUT2D eigenvalue weighted by atomic mass is 32.5. The van der Waals surface area contributed by atoms with Crippen molar-refractivity contribution in [3.63, 3.8) is 0 Å². The van der Waals surface area contributed by atoms with Crippen LogP contribution in [0.4, 0.5) is 19.4 Å². The van der Waals surface area contributed by atoms with E-state index in [1.807, 2.05) is 32.8 Å². The molecule has 0 fully saturated rings. The fourth-order valence-corrected chi connectivity index (χ4v) is 2.79. The fraction of sp³-hybridized carbons (Fsp3) is 0.429. The number of fused-ring (bicyclic) bond motifs is 1. The van der Waals surface area contributed by atoms with E-state index in [0.29, 0.717) is 24.2 Å². The first-order valence-electron chi connectivity index (χ1n) is 6.61. The monoisotopic (exact) mass is 342 g/mol. The molecule has 0 saturated heterocycles. The third-order valence-electron chi connectivity index (χ3n) is 3.96. The average Bonchev–Trinajstić information content (AvgIpc) is 2.68. The second-order valence-corrected chi connectivity index (χ2v) is 8.75. The first-order valence-corrected chi connectivity index (χ1v) is 8.56. The highest BCUT2D eigenvalue weighted by molar-refractivity contribution is 8.45. The Hall–Kier alpha value is -1.28. The number of halogens is 5. The van der Waals surface area contributed by atoms with E-state index in [4.69, 9.17) is 0 Å². The summed E-state index contributed by atoms with van der Waals surface area (Å²) in [4.78, 5) is 0.138. The quantitative estimate of drug-likeness (QED) is 0.653. The van der Waals surface area contributed by atoms with Crippen molar-refractivity contribution < 1.29 is 19.4 Å². The van der Waals surface area contributed by atoms with E-state index in [-0.39, 0.29) is 10.9 Å². The van der Waals surface area contributed by atoms with Gasteiger partial charge in [-0.3, -0.25) is 0 Å². The number of likely N-dealkylation sites (N-methyl/N-ethyl adjacent to an activating group) is 1. The Morgan fingerprint density at radius 1 is 1.05 bits per heavy atom. The molecule has 0 aliphatic carbocycles. The maximum Gasteiger partial charge on any atom is 0.310 e. The highest BCUT2D eigenvalue weighted by Gasteiger charge is 2.65. The molecule has 0 spiro atoms. The zero-order chi connectivity index (χ0) is 17.0. The van der Waals surface area contributed by atoms with Gasteiger partial charge in [-0.2, -0.15) is 0 Å². The van der Waals surface area contributed by atoms with E-state index < -0.39 is 15.1 Å². The van der Waals surface area contributed by atoms with Crippen LogP contribution in [0.2, 0.25) is 0 Å². The predicted octanol–water partition coefficient (Wildman–Crippen LogP) is 5.64. The SMILES string of the molecule is CN(C)C(C)(C)Cn1ccc2cc(S(F)(F)(F)(F)F)ccc21. The smallest absolute Gasteiger partial charge is 0.310 e. The molecule has 0 bridgehead atoms. The van der Waals surface area contributed by atoms with Gasteiger partial charge in [-0.05, 0) is 52.2 Å². The minimum Gasteiger partial charge on any atom is -0.346 e. The summed E-state index contributed by atoms with van der Waals surface area (Å²) in [5.74, 6) is 0. The lowest BCUT2D eigenvalue weighted by Crippen LogP contribution is -2.41. The van der Waals surface area contributed by atoms with Gasteiger partial charge in [0.15, 0.2) is 0 Å². The van der Waals surface area contributed by atoms with Crippen LogP contribution in [0.5, 0.6) is 0 Å². The van der Waals surface area contributed by atoms with Gasteiger partial charge in [0.2, 0.25) is 0 Å². The highest BCUT2D eigenvalue weighted by Crippen LogP contribution is 3.02. The van der Waals surface area contributed by atoms with Gasteiger partial charge in [0, 0.05) is 29.2 Å². The molecule has 1 aromatic carbocycles. The van der Waals surface area contributed by atoms with Crippen molar-refractivity contribution in [3.05, 3.63) is 30.5 Å². The molecule has 0 unspecified atom stereocenters. The average molecular weight is 342 g/mol. The van der Waals surface area contributed by atoms with Gasteiger partial charge in [-0.15, -0.1) is 0 Å². The molecular weight excluding hydrogens is 323 g/mol. The van der Waals surface area contributed by atoms with Crippen LogP contribution in [0.3, 0.4) is 0 Å². The molecule has 1 aromatic heterocycles. The van der Waals surface area contributed by atoms with Crippen molar-refractivity contribution in [1.82, 2.24) is 9.47 Å². The third kappa shape index (κ3) is 3.38. The summed E-state index contributed by atoms with van der Waals surface area (Å²) in [5.41, 5.74) is 0.269. The molecule has 8 heteroatoms. The Bertz CT molecular complexity index is 716. The van der Waals surface area contributed by atoms with Gasteiger partial charge >= 0.3 is 10.2 Å². The van der Waals surface area contributed by atoms with Gasteiger partial charge in [0.05, 0.1) is 0 Å². The zero-order valence-electron chi connectivity index (χ0n) is 12.8. The second-order valence-electron chi connectivity index (χ2n) is 6.34. The number of hydrogen-bond acceptors (Lipinski definition) is 1. The normalized spacial score (nSPS) is 16.8. The zero-order valence-corrected chi connectivity index (χ0v) is 13.6. The molecule has 0 atom stereocenters. The summed E-state index contributed by atoms with van der Waals surface area (Å²) < 4.78 is 66.0. The first-order chi connectivity index (χ1) is 9.60. The number of benzene rings is 1. The van der Waals surface area contributed by atoms with Gasteiger partial charge < -0.3 is 9.47 Å². The van der Waals surface area contributed by atoms with Crippen LogP contribution in [0, 0.1) is 0 Å². The van der Waals surface area contributed by atoms with Crippen LogP contribution >= 0.6 is 10.2 Å². The van der Waals surface area contributed by atoms with Gasteiger partial charge in [-0.1, -0.05) is 19.4 Å². The number of nitrogens with zero attached hydrogens (tertiary/aromatic N) is 2. The molecule has 0 aliphatic rings. The summed E-state index contributed by atoms with van der Waals surface area (Å²) in [7, 11) is -5.83. The summed E-state index contributed by atoms with van der Waals surface area (Å²) >= 11 is 0. The minimum absolute atomic E-state index is 0.153. The summed E-state index contributed by atoms with van der Waals surface area (Å²) in [5, 5.41) is 0.153. The Labute approximate surface area is 126 Å². The van der Waals surface area contributed by atoms with Crippen LogP contribution in [0.15, 0.2) is 35.4 Å². The maximum absolute atomic E-state index is 12.8. The molecule has 2 aromatic rings. The van der Waals surface area contributed by atoms with Crippen molar-refractivity contribution in [2.75, 3.05) is 14.1 Å². The molecule has 0 N–H and O–H groups in total. The molecule has 0 radical (unpaired) electrons. The predicted molar refractivity (Wildman–Crippen MR) is 81.1 cm³/mol. The van der Waals surface area contributed by atoms with Crippen molar-refractivity contribution >= 4 is 21.1 Å². The van der Waals surface area contributed by atoms with Crippen LogP contribution in [-0.2, 0) is 6.54 Å². The van der Waals surface area contributed by atoms with E-state index in [1.54, 1.807) is 10.8 Å². The van der Waals surface area contributed by atoms with Crippen LogP contribution in [0.1, 0.15) is 13.8 Å². The maximum atomic E-state index is 12.8. The largest absolute Gasteiger partial charge is 0.346 e. The van der Waals surface area contributed by atoms with Crippen LogP contribution < -0.4 is 0 Å². The topological polar surface area (TPSA) is 8.17 Å².